The van der Waals surface area contributed by atoms with Gasteiger partial charge in [-0.15, -0.1) is 0 Å². The number of fused-ring (bicyclic) bond motifs is 1. The summed E-state index contributed by atoms with van der Waals surface area (Å²) in [5, 5.41) is 2.86. The number of amides is 3. The Morgan fingerprint density at radius 3 is 2.24 bits per heavy atom. The van der Waals surface area contributed by atoms with Crippen LogP contribution in [0.3, 0.4) is 0 Å². The van der Waals surface area contributed by atoms with E-state index in [4.69, 9.17) is 4.74 Å². The lowest BCUT2D eigenvalue weighted by Gasteiger charge is -2.25. The molecule has 2 aromatic carbocycles. The van der Waals surface area contributed by atoms with Gasteiger partial charge in [0.2, 0.25) is 0 Å². The van der Waals surface area contributed by atoms with Gasteiger partial charge in [0.25, 0.3) is 11.8 Å². The molecule has 1 heterocycles. The molecule has 1 unspecified atom stereocenters. The van der Waals surface area contributed by atoms with Crippen LogP contribution in [-0.2, 0) is 4.74 Å². The van der Waals surface area contributed by atoms with Crippen molar-refractivity contribution in [1.82, 2.24) is 10.2 Å². The lowest BCUT2D eigenvalue weighted by Crippen LogP contribution is -2.38. The van der Waals surface area contributed by atoms with E-state index < -0.39 is 17.7 Å². The molecule has 0 bridgehead atoms. The molecule has 1 aliphatic heterocycles. The summed E-state index contributed by atoms with van der Waals surface area (Å²) in [6, 6.07) is 13.9. The van der Waals surface area contributed by atoms with Crippen LogP contribution in [0.5, 0.6) is 0 Å². The van der Waals surface area contributed by atoms with E-state index in [-0.39, 0.29) is 18.4 Å². The molecule has 152 valence electrons. The maximum Gasteiger partial charge on any atom is 0.408 e. The average molecular weight is 459 g/mol. The van der Waals surface area contributed by atoms with E-state index >= 15 is 0 Å². The molecular weight excluding hydrogens is 436 g/mol. The second-order valence-electron chi connectivity index (χ2n) is 7.85. The molecule has 0 aromatic heterocycles. The summed E-state index contributed by atoms with van der Waals surface area (Å²) in [7, 11) is 0. The van der Waals surface area contributed by atoms with Gasteiger partial charge in [-0.05, 0) is 57.0 Å². The minimum Gasteiger partial charge on any atom is -0.444 e. The Kier molecular flexibility index (Phi) is 6.07. The Hall–Kier alpha value is -2.67. The Morgan fingerprint density at radius 2 is 1.69 bits per heavy atom. The Labute approximate surface area is 178 Å². The fourth-order valence-corrected chi connectivity index (χ4v) is 3.61. The molecule has 2 aromatic rings. The van der Waals surface area contributed by atoms with Gasteiger partial charge in [-0.2, -0.15) is 0 Å². The van der Waals surface area contributed by atoms with Gasteiger partial charge in [0.05, 0.1) is 17.2 Å². The van der Waals surface area contributed by atoms with Gasteiger partial charge in [-0.3, -0.25) is 14.5 Å². The van der Waals surface area contributed by atoms with Crippen LogP contribution in [0.2, 0.25) is 0 Å². The molecule has 0 saturated heterocycles. The quantitative estimate of drug-likeness (QED) is 0.658. The van der Waals surface area contributed by atoms with E-state index in [2.05, 4.69) is 21.2 Å². The number of alkyl carbamates (subject to hydrolysis) is 1. The first-order valence-electron chi connectivity index (χ1n) is 9.36. The van der Waals surface area contributed by atoms with Crippen molar-refractivity contribution in [3.05, 3.63) is 69.7 Å². The maximum absolute atomic E-state index is 12.6. The van der Waals surface area contributed by atoms with Crippen molar-refractivity contribution in [1.29, 1.82) is 0 Å². The summed E-state index contributed by atoms with van der Waals surface area (Å²) in [6.45, 7) is 5.55. The topological polar surface area (TPSA) is 75.7 Å². The second kappa shape index (κ2) is 8.37. The number of hydrogen-bond acceptors (Lipinski definition) is 4. The van der Waals surface area contributed by atoms with Crippen LogP contribution in [0.4, 0.5) is 4.79 Å². The Balaban J connectivity index is 1.76. The monoisotopic (exact) mass is 458 g/mol. The number of benzene rings is 2. The second-order valence-corrected chi connectivity index (χ2v) is 8.77. The van der Waals surface area contributed by atoms with E-state index in [0.717, 1.165) is 10.0 Å². The van der Waals surface area contributed by atoms with Crippen molar-refractivity contribution in [3.63, 3.8) is 0 Å². The minimum atomic E-state index is -0.631. The van der Waals surface area contributed by atoms with Crippen LogP contribution >= 0.6 is 15.9 Å². The van der Waals surface area contributed by atoms with Crippen molar-refractivity contribution < 1.29 is 19.1 Å². The van der Waals surface area contributed by atoms with Gasteiger partial charge in [0, 0.05) is 11.0 Å². The normalized spacial score (nSPS) is 14.6. The number of hydrogen-bond donors (Lipinski definition) is 1. The number of rotatable bonds is 5. The zero-order valence-electron chi connectivity index (χ0n) is 16.6. The smallest absolute Gasteiger partial charge is 0.408 e. The summed E-state index contributed by atoms with van der Waals surface area (Å²) in [5.74, 6) is -0.619. The van der Waals surface area contributed by atoms with E-state index in [1.165, 1.54) is 4.90 Å². The number of halogens is 1. The zero-order chi connectivity index (χ0) is 21.2. The minimum absolute atomic E-state index is 0.180. The van der Waals surface area contributed by atoms with Gasteiger partial charge in [-0.25, -0.2) is 4.79 Å². The molecule has 0 aliphatic carbocycles. The molecule has 6 nitrogen and oxygen atoms in total. The molecular formula is C22H23BrN2O4. The van der Waals surface area contributed by atoms with Crippen molar-refractivity contribution in [2.75, 3.05) is 6.54 Å². The highest BCUT2D eigenvalue weighted by Crippen LogP contribution is 2.26. The molecule has 3 rings (SSSR count). The fourth-order valence-electron chi connectivity index (χ4n) is 3.20. The zero-order valence-corrected chi connectivity index (χ0v) is 18.2. The lowest BCUT2D eigenvalue weighted by molar-refractivity contribution is 0.0498. The Morgan fingerprint density at radius 1 is 1.07 bits per heavy atom. The highest BCUT2D eigenvalue weighted by Gasteiger charge is 2.35. The van der Waals surface area contributed by atoms with Crippen LogP contribution in [0.25, 0.3) is 0 Å². The first-order valence-corrected chi connectivity index (χ1v) is 10.2. The molecule has 1 aliphatic rings. The summed E-state index contributed by atoms with van der Waals surface area (Å²) in [5.41, 5.74) is 1.05. The fraction of sp³-hybridized carbons (Fsp3) is 0.318. The number of ether oxygens (including phenoxy) is 1. The van der Waals surface area contributed by atoms with Crippen LogP contribution in [-0.4, -0.2) is 35.0 Å². The molecule has 0 saturated carbocycles. The third-order valence-electron chi connectivity index (χ3n) is 4.46. The highest BCUT2D eigenvalue weighted by atomic mass is 79.9. The summed E-state index contributed by atoms with van der Waals surface area (Å²) >= 11 is 3.44. The maximum atomic E-state index is 12.6. The number of imide groups is 1. The Bertz CT molecular complexity index is 917. The molecule has 29 heavy (non-hydrogen) atoms. The molecule has 3 amide bonds. The predicted octanol–water partition coefficient (Wildman–Crippen LogP) is 4.70. The van der Waals surface area contributed by atoms with E-state index in [0.29, 0.717) is 17.5 Å². The number of nitrogens with one attached hydrogen (secondary N) is 1. The summed E-state index contributed by atoms with van der Waals surface area (Å²) in [4.78, 5) is 38.8. The first-order chi connectivity index (χ1) is 13.7. The van der Waals surface area contributed by atoms with Crippen molar-refractivity contribution in [2.24, 2.45) is 0 Å². The highest BCUT2D eigenvalue weighted by molar-refractivity contribution is 9.10. The van der Waals surface area contributed by atoms with Gasteiger partial charge in [0.1, 0.15) is 5.60 Å². The summed E-state index contributed by atoms with van der Waals surface area (Å²) in [6.07, 6.45) is -0.189. The molecule has 0 fully saturated rings. The van der Waals surface area contributed by atoms with Gasteiger partial charge in [-0.1, -0.05) is 40.2 Å². The molecule has 1 atom stereocenters. The predicted molar refractivity (Wildman–Crippen MR) is 113 cm³/mol. The third-order valence-corrected chi connectivity index (χ3v) is 4.95. The van der Waals surface area contributed by atoms with Gasteiger partial charge in [0.15, 0.2) is 0 Å². The molecule has 0 spiro atoms. The van der Waals surface area contributed by atoms with E-state index in [9.17, 15) is 14.4 Å². The van der Waals surface area contributed by atoms with E-state index in [1.807, 2.05) is 24.3 Å². The first kappa shape index (κ1) is 21.0. The largest absolute Gasteiger partial charge is 0.444 e. The molecule has 1 N–H and O–H groups in total. The van der Waals surface area contributed by atoms with Crippen LogP contribution in [0, 0.1) is 0 Å². The number of nitrogens with zero attached hydrogens (tertiary/aromatic N) is 1. The van der Waals surface area contributed by atoms with E-state index in [1.54, 1.807) is 45.0 Å². The van der Waals surface area contributed by atoms with Crippen LogP contribution < -0.4 is 5.32 Å². The summed E-state index contributed by atoms with van der Waals surface area (Å²) < 4.78 is 6.24. The molecule has 0 radical (unpaired) electrons. The van der Waals surface area contributed by atoms with Gasteiger partial charge >= 0.3 is 6.09 Å². The number of carbonyl (C=O) groups is 3. The molecule has 7 heteroatoms. The van der Waals surface area contributed by atoms with Crippen LogP contribution in [0.15, 0.2) is 53.0 Å². The van der Waals surface area contributed by atoms with Gasteiger partial charge < -0.3 is 10.1 Å². The standard InChI is InChI=1S/C22H23BrN2O4/c1-22(2,3)29-21(28)24-18(14-7-6-8-15(23)13-14)11-12-25-19(26)16-9-4-5-10-17(16)20(25)27/h4-10,13,18H,11-12H2,1-3H3,(H,24,28). The van der Waals surface area contributed by atoms with Crippen molar-refractivity contribution in [2.45, 2.75) is 38.8 Å². The van der Waals surface area contributed by atoms with Crippen molar-refractivity contribution >= 4 is 33.8 Å². The number of carbonyl (C=O) groups excluding carboxylic acids is 3. The van der Waals surface area contributed by atoms with Crippen LogP contribution in [0.1, 0.15) is 59.5 Å². The SMILES string of the molecule is CC(C)(C)OC(=O)NC(CCN1C(=O)c2ccccc2C1=O)c1cccc(Br)c1. The lowest BCUT2D eigenvalue weighted by atomic mass is 10.0. The third kappa shape index (κ3) is 5.03. The average Bonchev–Trinajstić information content (AvgIpc) is 2.88. The van der Waals surface area contributed by atoms with Crippen molar-refractivity contribution in [3.8, 4) is 0 Å².